The standard InChI is InChI=1S/C23H30N2O/c1-22(2)18-13-14-23(22,3)20-19(18)21(26)25(17-11-5-4-6-12-17)24(20)15-16-9-7-8-10-16/h4-6,11-12,16,18H,7-10,13-15H2,1-3H3. The van der Waals surface area contributed by atoms with Crippen LogP contribution in [0, 0.1) is 11.3 Å². The van der Waals surface area contributed by atoms with E-state index in [-0.39, 0.29) is 16.4 Å². The van der Waals surface area contributed by atoms with Crippen molar-refractivity contribution >= 4 is 0 Å². The Morgan fingerprint density at radius 3 is 2.42 bits per heavy atom. The summed E-state index contributed by atoms with van der Waals surface area (Å²) in [5.41, 5.74) is 4.05. The summed E-state index contributed by atoms with van der Waals surface area (Å²) in [7, 11) is 0. The average molecular weight is 351 g/mol. The molecule has 2 unspecified atom stereocenters. The number of hydrogen-bond acceptors (Lipinski definition) is 1. The summed E-state index contributed by atoms with van der Waals surface area (Å²) in [6.07, 6.45) is 7.66. The van der Waals surface area contributed by atoms with Gasteiger partial charge in [-0.25, -0.2) is 4.68 Å². The van der Waals surface area contributed by atoms with E-state index in [9.17, 15) is 4.79 Å². The van der Waals surface area contributed by atoms with Crippen molar-refractivity contribution in [3.63, 3.8) is 0 Å². The molecule has 2 bridgehead atoms. The number of hydrogen-bond donors (Lipinski definition) is 0. The molecule has 26 heavy (non-hydrogen) atoms. The van der Waals surface area contributed by atoms with Gasteiger partial charge in [-0.15, -0.1) is 0 Å². The van der Waals surface area contributed by atoms with Gasteiger partial charge in [-0.3, -0.25) is 9.48 Å². The normalized spacial score (nSPS) is 29.4. The Balaban J connectivity index is 1.76. The number of rotatable bonds is 3. The molecule has 0 aliphatic heterocycles. The van der Waals surface area contributed by atoms with Crippen LogP contribution >= 0.6 is 0 Å². The first-order chi connectivity index (χ1) is 12.4. The second kappa shape index (κ2) is 5.37. The van der Waals surface area contributed by atoms with Crippen molar-refractivity contribution < 1.29 is 0 Å². The molecule has 2 saturated carbocycles. The van der Waals surface area contributed by atoms with Gasteiger partial charge in [-0.2, -0.15) is 0 Å². The highest BCUT2D eigenvalue weighted by Gasteiger charge is 2.62. The molecule has 138 valence electrons. The second-order valence-corrected chi connectivity index (χ2v) is 9.59. The van der Waals surface area contributed by atoms with Crippen LogP contribution in [0.4, 0.5) is 0 Å². The number of benzene rings is 1. The number of fused-ring (bicyclic) bond motifs is 5. The van der Waals surface area contributed by atoms with Crippen LogP contribution < -0.4 is 5.56 Å². The highest BCUT2D eigenvalue weighted by atomic mass is 16.1. The van der Waals surface area contributed by atoms with E-state index in [1.165, 1.54) is 37.8 Å². The van der Waals surface area contributed by atoms with Crippen molar-refractivity contribution in [2.75, 3.05) is 0 Å². The smallest absolute Gasteiger partial charge is 0.275 e. The first-order valence-corrected chi connectivity index (χ1v) is 10.4. The molecular weight excluding hydrogens is 320 g/mol. The topological polar surface area (TPSA) is 26.9 Å². The van der Waals surface area contributed by atoms with E-state index in [1.54, 1.807) is 0 Å². The third-order valence-electron chi connectivity index (χ3n) is 8.18. The quantitative estimate of drug-likeness (QED) is 0.765. The summed E-state index contributed by atoms with van der Waals surface area (Å²) in [6.45, 7) is 8.18. The summed E-state index contributed by atoms with van der Waals surface area (Å²) in [6, 6.07) is 10.3. The Morgan fingerprint density at radius 1 is 1.04 bits per heavy atom. The number of para-hydroxylation sites is 1. The number of nitrogens with zero attached hydrogens (tertiary/aromatic N) is 2. The van der Waals surface area contributed by atoms with Gasteiger partial charge in [0.05, 0.1) is 11.4 Å². The van der Waals surface area contributed by atoms with Crippen LogP contribution in [0.5, 0.6) is 0 Å². The van der Waals surface area contributed by atoms with Gasteiger partial charge < -0.3 is 0 Å². The molecule has 2 fully saturated rings. The molecule has 3 aliphatic carbocycles. The summed E-state index contributed by atoms with van der Waals surface area (Å²) < 4.78 is 4.42. The van der Waals surface area contributed by atoms with Crippen LogP contribution in [0.1, 0.15) is 76.5 Å². The van der Waals surface area contributed by atoms with Crippen molar-refractivity contribution in [3.05, 3.63) is 51.9 Å². The first-order valence-electron chi connectivity index (χ1n) is 10.4. The molecule has 2 atom stereocenters. The highest BCUT2D eigenvalue weighted by Crippen LogP contribution is 2.67. The average Bonchev–Trinajstić information content (AvgIpc) is 3.32. The van der Waals surface area contributed by atoms with Gasteiger partial charge in [0.2, 0.25) is 0 Å². The molecule has 0 radical (unpaired) electrons. The minimum atomic E-state index is 0.116. The summed E-state index contributed by atoms with van der Waals surface area (Å²) in [4.78, 5) is 13.6. The van der Waals surface area contributed by atoms with Gasteiger partial charge in [0.25, 0.3) is 5.56 Å². The SMILES string of the molecule is CC12CCC(c3c1n(CC1CCCC1)n(-c1ccccc1)c3=O)C2(C)C. The van der Waals surface area contributed by atoms with E-state index in [0.717, 1.165) is 24.2 Å². The van der Waals surface area contributed by atoms with Gasteiger partial charge in [0, 0.05) is 17.5 Å². The van der Waals surface area contributed by atoms with Crippen molar-refractivity contribution in [1.82, 2.24) is 9.36 Å². The van der Waals surface area contributed by atoms with Crippen molar-refractivity contribution in [2.45, 2.75) is 77.2 Å². The maximum atomic E-state index is 13.6. The van der Waals surface area contributed by atoms with E-state index >= 15 is 0 Å². The maximum absolute atomic E-state index is 13.6. The van der Waals surface area contributed by atoms with E-state index in [2.05, 4.69) is 37.6 Å². The fraction of sp³-hybridized carbons (Fsp3) is 0.609. The minimum Gasteiger partial charge on any atom is -0.281 e. The van der Waals surface area contributed by atoms with Crippen molar-refractivity contribution in [3.8, 4) is 5.69 Å². The summed E-state index contributed by atoms with van der Waals surface area (Å²) >= 11 is 0. The Labute approximate surface area is 156 Å². The Bertz CT molecular complexity index is 898. The van der Waals surface area contributed by atoms with Crippen LogP contribution in [-0.2, 0) is 12.0 Å². The molecule has 3 aliphatic rings. The molecule has 3 nitrogen and oxygen atoms in total. The molecule has 1 aromatic carbocycles. The zero-order valence-electron chi connectivity index (χ0n) is 16.3. The lowest BCUT2D eigenvalue weighted by atomic mass is 9.70. The van der Waals surface area contributed by atoms with Crippen LogP contribution in [0.15, 0.2) is 35.1 Å². The Kier molecular flexibility index (Phi) is 3.39. The third kappa shape index (κ3) is 1.92. The van der Waals surface area contributed by atoms with Crippen LogP contribution in [0.25, 0.3) is 5.69 Å². The van der Waals surface area contributed by atoms with Crippen molar-refractivity contribution in [1.29, 1.82) is 0 Å². The van der Waals surface area contributed by atoms with Gasteiger partial charge in [-0.05, 0) is 55.1 Å². The summed E-state index contributed by atoms with van der Waals surface area (Å²) in [5, 5.41) is 0. The molecule has 2 aromatic rings. The van der Waals surface area contributed by atoms with Gasteiger partial charge in [0.15, 0.2) is 0 Å². The largest absolute Gasteiger partial charge is 0.281 e. The second-order valence-electron chi connectivity index (χ2n) is 9.59. The van der Waals surface area contributed by atoms with E-state index < -0.39 is 0 Å². The molecule has 3 heteroatoms. The molecule has 1 aromatic heterocycles. The van der Waals surface area contributed by atoms with Gasteiger partial charge >= 0.3 is 0 Å². The predicted octanol–water partition coefficient (Wildman–Crippen LogP) is 5.00. The lowest BCUT2D eigenvalue weighted by molar-refractivity contribution is 0.211. The lowest BCUT2D eigenvalue weighted by Crippen LogP contribution is -2.36. The fourth-order valence-corrected chi connectivity index (χ4v) is 6.33. The fourth-order valence-electron chi connectivity index (χ4n) is 6.33. The first kappa shape index (κ1) is 16.4. The molecule has 0 saturated heterocycles. The molecular formula is C23H30N2O. The van der Waals surface area contributed by atoms with E-state index in [4.69, 9.17) is 0 Å². The van der Waals surface area contributed by atoms with Crippen LogP contribution in [0.3, 0.4) is 0 Å². The molecule has 0 N–H and O–H groups in total. The minimum absolute atomic E-state index is 0.116. The summed E-state index contributed by atoms with van der Waals surface area (Å²) in [5.74, 6) is 1.13. The monoisotopic (exact) mass is 350 g/mol. The Hall–Kier alpha value is -1.77. The molecule has 0 spiro atoms. The zero-order chi connectivity index (χ0) is 18.1. The Morgan fingerprint density at radius 2 is 1.73 bits per heavy atom. The maximum Gasteiger partial charge on any atom is 0.275 e. The van der Waals surface area contributed by atoms with Gasteiger partial charge in [0.1, 0.15) is 0 Å². The molecule has 5 rings (SSSR count). The van der Waals surface area contributed by atoms with E-state index in [0.29, 0.717) is 11.8 Å². The number of aromatic nitrogens is 2. The molecule has 0 amide bonds. The molecule has 1 heterocycles. The van der Waals surface area contributed by atoms with E-state index in [1.807, 2.05) is 22.9 Å². The van der Waals surface area contributed by atoms with Crippen molar-refractivity contribution in [2.24, 2.45) is 11.3 Å². The third-order valence-corrected chi connectivity index (χ3v) is 8.18. The lowest BCUT2D eigenvalue weighted by Gasteiger charge is -2.37. The van der Waals surface area contributed by atoms with Gasteiger partial charge in [-0.1, -0.05) is 51.8 Å². The predicted molar refractivity (Wildman–Crippen MR) is 105 cm³/mol. The zero-order valence-corrected chi connectivity index (χ0v) is 16.3. The van der Waals surface area contributed by atoms with Crippen LogP contribution in [0.2, 0.25) is 0 Å². The van der Waals surface area contributed by atoms with Crippen LogP contribution in [-0.4, -0.2) is 9.36 Å². The highest BCUT2D eigenvalue weighted by molar-refractivity contribution is 5.47.